The molecule has 3 N–H and O–H groups in total. The molecule has 1 amide bonds. The smallest absolute Gasteiger partial charge is 0.408 e. The highest BCUT2D eigenvalue weighted by atomic mass is 16.6. The molecule has 0 aromatic rings. The monoisotopic (exact) mass is 204 g/mol. The van der Waals surface area contributed by atoms with E-state index < -0.39 is 17.2 Å². The van der Waals surface area contributed by atoms with Crippen LogP contribution in [0.15, 0.2) is 0 Å². The lowest BCUT2D eigenvalue weighted by molar-refractivity contribution is 0.0445. The molecule has 0 spiro atoms. The second-order valence-electron chi connectivity index (χ2n) is 4.85. The van der Waals surface area contributed by atoms with Gasteiger partial charge in [-0.25, -0.2) is 10.3 Å². The van der Waals surface area contributed by atoms with Crippen molar-refractivity contribution in [3.8, 4) is 0 Å². The number of alkyl carbamates (subject to hydrolysis) is 1. The zero-order chi connectivity index (χ0) is 11.4. The first-order valence-electron chi connectivity index (χ1n) is 4.54. The number of hydrogen-bond donors (Lipinski definition) is 3. The molecule has 5 heteroatoms. The van der Waals surface area contributed by atoms with E-state index in [1.165, 1.54) is 0 Å². The molecule has 0 unspecified atom stereocenters. The quantitative estimate of drug-likeness (QED) is 0.605. The minimum Gasteiger partial charge on any atom is -0.444 e. The lowest BCUT2D eigenvalue weighted by Gasteiger charge is -2.27. The van der Waals surface area contributed by atoms with Gasteiger partial charge >= 0.3 is 6.09 Å². The number of rotatable bonds is 3. The fraction of sp³-hybridized carbons (Fsp3) is 0.889. The summed E-state index contributed by atoms with van der Waals surface area (Å²) in [4.78, 5) is 11.3. The topological polar surface area (TPSA) is 70.6 Å². The number of carbonyl (C=O) groups is 1. The highest BCUT2D eigenvalue weighted by Crippen LogP contribution is 2.08. The predicted molar refractivity (Wildman–Crippen MR) is 53.2 cm³/mol. The lowest BCUT2D eigenvalue weighted by Crippen LogP contribution is -2.51. The molecule has 0 fully saturated rings. The third kappa shape index (κ3) is 6.68. The van der Waals surface area contributed by atoms with Crippen molar-refractivity contribution in [1.82, 2.24) is 10.8 Å². The van der Waals surface area contributed by atoms with Crippen molar-refractivity contribution in [3.63, 3.8) is 0 Å². The standard InChI is InChI=1S/C9H20N2O3/c1-8(2,3)14-7(12)11-9(4,5)6-10-13/h10,13H,6H2,1-5H3,(H,11,12). The fourth-order valence-corrected chi connectivity index (χ4v) is 0.822. The summed E-state index contributed by atoms with van der Waals surface area (Å²) in [6.45, 7) is 9.20. The third-order valence-electron chi connectivity index (χ3n) is 1.36. The SMILES string of the molecule is CC(C)(CNO)NC(=O)OC(C)(C)C. The van der Waals surface area contributed by atoms with Gasteiger partial charge < -0.3 is 15.3 Å². The number of ether oxygens (including phenoxy) is 1. The van der Waals surface area contributed by atoms with E-state index in [1.54, 1.807) is 34.6 Å². The molecular formula is C9H20N2O3. The van der Waals surface area contributed by atoms with Crippen molar-refractivity contribution < 1.29 is 14.7 Å². The molecule has 5 nitrogen and oxygen atoms in total. The summed E-state index contributed by atoms with van der Waals surface area (Å²) in [5.74, 6) is 0. The summed E-state index contributed by atoms with van der Waals surface area (Å²) in [6.07, 6.45) is -0.488. The molecule has 0 saturated heterocycles. The van der Waals surface area contributed by atoms with Crippen LogP contribution in [0.5, 0.6) is 0 Å². The molecule has 0 aliphatic rings. The van der Waals surface area contributed by atoms with Crippen molar-refractivity contribution >= 4 is 6.09 Å². The Morgan fingerprint density at radius 2 is 1.79 bits per heavy atom. The Labute approximate surface area is 84.8 Å². The van der Waals surface area contributed by atoms with E-state index >= 15 is 0 Å². The zero-order valence-corrected chi connectivity index (χ0v) is 9.47. The van der Waals surface area contributed by atoms with Gasteiger partial charge in [-0.05, 0) is 34.6 Å². The molecule has 0 heterocycles. The summed E-state index contributed by atoms with van der Waals surface area (Å²) in [5.41, 5.74) is 0.954. The Morgan fingerprint density at radius 3 is 2.14 bits per heavy atom. The molecule has 0 rings (SSSR count). The van der Waals surface area contributed by atoms with Crippen molar-refractivity contribution in [3.05, 3.63) is 0 Å². The van der Waals surface area contributed by atoms with Crippen LogP contribution in [-0.2, 0) is 4.74 Å². The fourth-order valence-electron chi connectivity index (χ4n) is 0.822. The zero-order valence-electron chi connectivity index (χ0n) is 9.47. The van der Waals surface area contributed by atoms with Crippen molar-refractivity contribution in [2.75, 3.05) is 6.54 Å². The number of hydroxylamine groups is 1. The van der Waals surface area contributed by atoms with Crippen LogP contribution in [0.4, 0.5) is 4.79 Å². The van der Waals surface area contributed by atoms with E-state index in [0.717, 1.165) is 0 Å². The summed E-state index contributed by atoms with van der Waals surface area (Å²) in [7, 11) is 0. The predicted octanol–water partition coefficient (Wildman–Crippen LogP) is 1.27. The van der Waals surface area contributed by atoms with Crippen LogP contribution >= 0.6 is 0 Å². The van der Waals surface area contributed by atoms with Crippen LogP contribution < -0.4 is 10.8 Å². The first-order valence-corrected chi connectivity index (χ1v) is 4.54. The summed E-state index contributed by atoms with van der Waals surface area (Å²) in [6, 6.07) is 0. The minimum atomic E-state index is -0.545. The number of nitrogens with one attached hydrogen (secondary N) is 2. The van der Waals surface area contributed by atoms with E-state index in [4.69, 9.17) is 9.94 Å². The maximum Gasteiger partial charge on any atom is 0.408 e. The van der Waals surface area contributed by atoms with E-state index in [1.807, 2.05) is 5.48 Å². The Hall–Kier alpha value is -0.810. The highest BCUT2D eigenvalue weighted by Gasteiger charge is 2.23. The van der Waals surface area contributed by atoms with Crippen LogP contribution in [0, 0.1) is 0 Å². The van der Waals surface area contributed by atoms with Crippen LogP contribution in [0.1, 0.15) is 34.6 Å². The van der Waals surface area contributed by atoms with Gasteiger partial charge in [0, 0.05) is 6.54 Å². The van der Waals surface area contributed by atoms with Crippen molar-refractivity contribution in [2.24, 2.45) is 0 Å². The lowest BCUT2D eigenvalue weighted by atomic mass is 10.1. The van der Waals surface area contributed by atoms with E-state index in [-0.39, 0.29) is 6.54 Å². The second-order valence-corrected chi connectivity index (χ2v) is 4.85. The number of carbonyl (C=O) groups excluding carboxylic acids is 1. The maximum atomic E-state index is 11.3. The average Bonchev–Trinajstić information content (AvgIpc) is 1.78. The van der Waals surface area contributed by atoms with Gasteiger partial charge in [-0.2, -0.15) is 0 Å². The van der Waals surface area contributed by atoms with Gasteiger partial charge in [-0.3, -0.25) is 0 Å². The normalized spacial score (nSPS) is 12.4. The van der Waals surface area contributed by atoms with E-state index in [0.29, 0.717) is 0 Å². The van der Waals surface area contributed by atoms with Gasteiger partial charge in [0.1, 0.15) is 5.60 Å². The Morgan fingerprint density at radius 1 is 1.29 bits per heavy atom. The second kappa shape index (κ2) is 4.61. The average molecular weight is 204 g/mol. The molecular weight excluding hydrogens is 184 g/mol. The van der Waals surface area contributed by atoms with Crippen LogP contribution in [0.25, 0.3) is 0 Å². The summed E-state index contributed by atoms with van der Waals surface area (Å²) in [5, 5.41) is 11.1. The Bertz CT molecular complexity index is 197. The first-order chi connectivity index (χ1) is 6.16. The van der Waals surface area contributed by atoms with Crippen LogP contribution in [0.3, 0.4) is 0 Å². The van der Waals surface area contributed by atoms with Gasteiger partial charge in [0.05, 0.1) is 5.54 Å². The molecule has 0 saturated carbocycles. The molecule has 0 aromatic heterocycles. The molecule has 0 aliphatic carbocycles. The molecule has 0 aromatic carbocycles. The Balaban J connectivity index is 4.06. The first kappa shape index (κ1) is 13.2. The van der Waals surface area contributed by atoms with E-state index in [9.17, 15) is 4.79 Å². The summed E-state index contributed by atoms with van der Waals surface area (Å²) >= 11 is 0. The molecule has 84 valence electrons. The molecule has 14 heavy (non-hydrogen) atoms. The van der Waals surface area contributed by atoms with Crippen molar-refractivity contribution in [2.45, 2.75) is 45.8 Å². The molecule has 0 bridgehead atoms. The molecule has 0 aliphatic heterocycles. The Kier molecular flexibility index (Phi) is 4.35. The highest BCUT2D eigenvalue weighted by molar-refractivity contribution is 5.68. The minimum absolute atomic E-state index is 0.256. The van der Waals surface area contributed by atoms with Gasteiger partial charge in [0.25, 0.3) is 0 Å². The molecule has 0 atom stereocenters. The largest absolute Gasteiger partial charge is 0.444 e. The molecule has 0 radical (unpaired) electrons. The van der Waals surface area contributed by atoms with Gasteiger partial charge in [0.2, 0.25) is 0 Å². The maximum absolute atomic E-state index is 11.3. The van der Waals surface area contributed by atoms with Crippen LogP contribution in [0.2, 0.25) is 0 Å². The van der Waals surface area contributed by atoms with Crippen molar-refractivity contribution in [1.29, 1.82) is 0 Å². The van der Waals surface area contributed by atoms with Gasteiger partial charge in [0.15, 0.2) is 0 Å². The third-order valence-corrected chi connectivity index (χ3v) is 1.36. The number of hydrogen-bond acceptors (Lipinski definition) is 4. The summed E-state index contributed by atoms with van der Waals surface area (Å²) < 4.78 is 5.06. The number of amides is 1. The van der Waals surface area contributed by atoms with Gasteiger partial charge in [-0.15, -0.1) is 0 Å². The van der Waals surface area contributed by atoms with Crippen LogP contribution in [-0.4, -0.2) is 29.0 Å². The van der Waals surface area contributed by atoms with Gasteiger partial charge in [-0.1, -0.05) is 0 Å². The van der Waals surface area contributed by atoms with E-state index in [2.05, 4.69) is 5.32 Å².